The van der Waals surface area contributed by atoms with Gasteiger partial charge in [-0.3, -0.25) is 4.57 Å². The van der Waals surface area contributed by atoms with Crippen LogP contribution in [0.15, 0.2) is 59.6 Å². The molecule has 0 saturated heterocycles. The molecule has 0 radical (unpaired) electrons. The summed E-state index contributed by atoms with van der Waals surface area (Å²) < 4.78 is 8.09. The van der Waals surface area contributed by atoms with E-state index in [0.717, 1.165) is 15.6 Å². The van der Waals surface area contributed by atoms with Gasteiger partial charge in [-0.15, -0.1) is 0 Å². The topological polar surface area (TPSA) is 57.9 Å². The number of imidazole rings is 1. The molecule has 19 heavy (non-hydrogen) atoms. The van der Waals surface area contributed by atoms with Gasteiger partial charge in [-0.1, -0.05) is 12.1 Å². The lowest BCUT2D eigenvalue weighted by Crippen LogP contribution is -2.26. The monoisotopic (exact) mass is 251 g/mol. The van der Waals surface area contributed by atoms with Crippen LogP contribution in [-0.2, 0) is 0 Å². The van der Waals surface area contributed by atoms with Gasteiger partial charge in [0.1, 0.15) is 6.33 Å². The Morgan fingerprint density at radius 1 is 1.16 bits per heavy atom. The van der Waals surface area contributed by atoms with Crippen LogP contribution in [0.25, 0.3) is 27.8 Å². The van der Waals surface area contributed by atoms with E-state index >= 15 is 0 Å². The van der Waals surface area contributed by atoms with Crippen molar-refractivity contribution in [3.8, 4) is 5.88 Å². The van der Waals surface area contributed by atoms with Gasteiger partial charge in [0.05, 0.1) is 17.2 Å². The molecule has 1 aromatic carbocycles. The maximum absolute atomic E-state index is 11.9. The van der Waals surface area contributed by atoms with Gasteiger partial charge in [-0.05, 0) is 12.1 Å². The lowest BCUT2D eigenvalue weighted by atomic mass is 10.2. The Balaban J connectivity index is 2.21. The maximum atomic E-state index is 11.9. The van der Waals surface area contributed by atoms with Crippen molar-refractivity contribution in [3.05, 3.63) is 60.4 Å². The highest BCUT2D eigenvalue weighted by atomic mass is 16.5. The average molecular weight is 251 g/mol. The van der Waals surface area contributed by atoms with E-state index in [1.165, 1.54) is 6.20 Å². The van der Waals surface area contributed by atoms with Crippen LogP contribution in [0.4, 0.5) is 0 Å². The normalized spacial score (nSPS) is 11.4. The fraction of sp³-hybridized carbons (Fsp3) is 0. The second-order valence-corrected chi connectivity index (χ2v) is 4.27. The van der Waals surface area contributed by atoms with Crippen molar-refractivity contribution in [2.75, 3.05) is 0 Å². The largest absolute Gasteiger partial charge is 0.618 e. The molecule has 0 aliphatic carbocycles. The standard InChI is InChI=1S/C14H9N3O2/c18-17-8-11-14(10-4-1-2-5-12(10)17)16(9-15-11)13-6-3-7-19-13/h1-9H. The van der Waals surface area contributed by atoms with E-state index in [1.807, 2.05) is 34.9 Å². The molecule has 0 atom stereocenters. The molecule has 3 aromatic heterocycles. The predicted molar refractivity (Wildman–Crippen MR) is 69.8 cm³/mol. The Labute approximate surface area is 107 Å². The number of pyridine rings is 1. The minimum absolute atomic E-state index is 0.614. The quantitative estimate of drug-likeness (QED) is 0.385. The van der Waals surface area contributed by atoms with Gasteiger partial charge in [-0.25, -0.2) is 4.98 Å². The Bertz CT molecular complexity index is 878. The molecule has 0 aliphatic heterocycles. The van der Waals surface area contributed by atoms with E-state index in [9.17, 15) is 5.21 Å². The summed E-state index contributed by atoms with van der Waals surface area (Å²) in [4.78, 5) is 4.27. The van der Waals surface area contributed by atoms with Gasteiger partial charge >= 0.3 is 0 Å². The SMILES string of the molecule is [O-][n+]1cc2ncn(-c3ccco3)c2c2ccccc21. The zero-order valence-electron chi connectivity index (χ0n) is 9.85. The van der Waals surface area contributed by atoms with Crippen molar-refractivity contribution >= 4 is 21.9 Å². The third-order valence-corrected chi connectivity index (χ3v) is 3.18. The van der Waals surface area contributed by atoms with Gasteiger partial charge in [0.15, 0.2) is 5.52 Å². The first kappa shape index (κ1) is 10.1. The summed E-state index contributed by atoms with van der Waals surface area (Å²) in [5.41, 5.74) is 2.13. The molecular formula is C14H9N3O2. The molecule has 5 nitrogen and oxygen atoms in total. The zero-order chi connectivity index (χ0) is 12.8. The molecule has 3 heterocycles. The minimum Gasteiger partial charge on any atom is -0.618 e. The molecule has 4 aromatic rings. The van der Waals surface area contributed by atoms with E-state index in [0.29, 0.717) is 16.9 Å². The van der Waals surface area contributed by atoms with Crippen molar-refractivity contribution in [2.24, 2.45) is 0 Å². The van der Waals surface area contributed by atoms with E-state index in [-0.39, 0.29) is 0 Å². The second-order valence-electron chi connectivity index (χ2n) is 4.27. The summed E-state index contributed by atoms with van der Waals surface area (Å²) in [7, 11) is 0. The Kier molecular flexibility index (Phi) is 1.91. The molecule has 0 unspecified atom stereocenters. The summed E-state index contributed by atoms with van der Waals surface area (Å²) in [5.74, 6) is 0.677. The molecule has 0 amide bonds. The number of rotatable bonds is 1. The van der Waals surface area contributed by atoms with Gasteiger partial charge in [0.2, 0.25) is 17.6 Å². The average Bonchev–Trinajstić information content (AvgIpc) is 3.07. The number of aromatic nitrogens is 3. The van der Waals surface area contributed by atoms with Gasteiger partial charge < -0.3 is 9.62 Å². The number of hydrogen-bond acceptors (Lipinski definition) is 3. The number of benzene rings is 1. The van der Waals surface area contributed by atoms with Crippen LogP contribution < -0.4 is 4.73 Å². The van der Waals surface area contributed by atoms with E-state index in [1.54, 1.807) is 18.7 Å². The van der Waals surface area contributed by atoms with Crippen LogP contribution in [0.5, 0.6) is 0 Å². The summed E-state index contributed by atoms with van der Waals surface area (Å²) in [6.45, 7) is 0. The van der Waals surface area contributed by atoms with E-state index < -0.39 is 0 Å². The zero-order valence-corrected chi connectivity index (χ0v) is 9.85. The van der Waals surface area contributed by atoms with Crippen LogP contribution in [0.2, 0.25) is 0 Å². The summed E-state index contributed by atoms with van der Waals surface area (Å²) >= 11 is 0. The van der Waals surface area contributed by atoms with Crippen molar-refractivity contribution < 1.29 is 9.15 Å². The van der Waals surface area contributed by atoms with Crippen molar-refractivity contribution in [1.29, 1.82) is 0 Å². The number of nitrogens with zero attached hydrogens (tertiary/aromatic N) is 3. The van der Waals surface area contributed by atoms with Crippen molar-refractivity contribution in [2.45, 2.75) is 0 Å². The Morgan fingerprint density at radius 2 is 2.05 bits per heavy atom. The maximum Gasteiger partial charge on any atom is 0.226 e. The third kappa shape index (κ3) is 1.35. The van der Waals surface area contributed by atoms with Crippen LogP contribution in [-0.4, -0.2) is 9.55 Å². The highest BCUT2D eigenvalue weighted by Gasteiger charge is 2.15. The summed E-state index contributed by atoms with van der Waals surface area (Å²) in [5, 5.41) is 12.8. The highest BCUT2D eigenvalue weighted by Crippen LogP contribution is 2.24. The predicted octanol–water partition coefficient (Wildman–Crippen LogP) is 2.41. The van der Waals surface area contributed by atoms with E-state index in [2.05, 4.69) is 4.98 Å². The van der Waals surface area contributed by atoms with Crippen molar-refractivity contribution in [1.82, 2.24) is 9.55 Å². The Hall–Kier alpha value is -2.82. The first-order chi connectivity index (χ1) is 9.34. The molecule has 92 valence electrons. The molecule has 0 fully saturated rings. The fourth-order valence-electron chi connectivity index (χ4n) is 2.35. The molecule has 5 heteroatoms. The van der Waals surface area contributed by atoms with Crippen LogP contribution in [0.1, 0.15) is 0 Å². The number of fused-ring (bicyclic) bond motifs is 3. The van der Waals surface area contributed by atoms with E-state index in [4.69, 9.17) is 4.42 Å². The lowest BCUT2D eigenvalue weighted by Gasteiger charge is -2.04. The number of para-hydroxylation sites is 1. The van der Waals surface area contributed by atoms with Crippen molar-refractivity contribution in [3.63, 3.8) is 0 Å². The second kappa shape index (κ2) is 3.58. The number of furan rings is 1. The molecule has 4 rings (SSSR count). The molecule has 0 N–H and O–H groups in total. The Morgan fingerprint density at radius 3 is 2.89 bits per heavy atom. The summed E-state index contributed by atoms with van der Waals surface area (Å²) in [6, 6.07) is 11.1. The van der Waals surface area contributed by atoms with Gasteiger partial charge in [0.25, 0.3) is 0 Å². The first-order valence-corrected chi connectivity index (χ1v) is 5.86. The summed E-state index contributed by atoms with van der Waals surface area (Å²) in [6.07, 6.45) is 4.76. The molecular weight excluding hydrogens is 242 g/mol. The highest BCUT2D eigenvalue weighted by molar-refractivity contribution is 6.00. The lowest BCUT2D eigenvalue weighted by molar-refractivity contribution is -0.575. The first-order valence-electron chi connectivity index (χ1n) is 5.86. The van der Waals surface area contributed by atoms with Crippen LogP contribution in [0, 0.1) is 5.21 Å². The number of hydrogen-bond donors (Lipinski definition) is 0. The molecule has 0 saturated carbocycles. The fourth-order valence-corrected chi connectivity index (χ4v) is 2.35. The van der Waals surface area contributed by atoms with Gasteiger partial charge in [-0.2, -0.15) is 4.73 Å². The van der Waals surface area contributed by atoms with Gasteiger partial charge in [0, 0.05) is 12.1 Å². The third-order valence-electron chi connectivity index (χ3n) is 3.18. The molecule has 0 bridgehead atoms. The minimum atomic E-state index is 0.614. The van der Waals surface area contributed by atoms with Crippen LogP contribution in [0.3, 0.4) is 0 Å². The smallest absolute Gasteiger partial charge is 0.226 e. The van der Waals surface area contributed by atoms with Crippen LogP contribution >= 0.6 is 0 Å². The molecule has 0 spiro atoms. The molecule has 0 aliphatic rings.